The van der Waals surface area contributed by atoms with Crippen LogP contribution in [0.2, 0.25) is 0 Å². The molecule has 0 aromatic heterocycles. The minimum Gasteiger partial charge on any atom is -0.465 e. The molecule has 1 aliphatic heterocycles. The Hall–Kier alpha value is -2.82. The van der Waals surface area contributed by atoms with Crippen molar-refractivity contribution in [3.05, 3.63) is 12.3 Å². The summed E-state index contributed by atoms with van der Waals surface area (Å²) in [6.07, 6.45) is -1.82. The van der Waals surface area contributed by atoms with Crippen LogP contribution in [-0.4, -0.2) is 78.1 Å². The zero-order valence-corrected chi connectivity index (χ0v) is 13.7. The lowest BCUT2D eigenvalue weighted by Gasteiger charge is -2.29. The molecule has 0 unspecified atom stereocenters. The third-order valence-electron chi connectivity index (χ3n) is 3.48. The molecule has 0 radical (unpaired) electrons. The van der Waals surface area contributed by atoms with E-state index >= 15 is 0 Å². The highest BCUT2D eigenvalue weighted by Crippen LogP contribution is 2.13. The number of hydrogen-bond acceptors (Lipinski definition) is 7. The van der Waals surface area contributed by atoms with Crippen LogP contribution in [0.5, 0.6) is 0 Å². The number of nitrogens with one attached hydrogen (secondary N) is 2. The van der Waals surface area contributed by atoms with E-state index in [1.807, 2.05) is 0 Å². The molecular weight excluding hydrogens is 338 g/mol. The Bertz CT molecular complexity index is 542. The summed E-state index contributed by atoms with van der Waals surface area (Å²) in [7, 11) is 1.11. The zero-order chi connectivity index (χ0) is 19.0. The van der Waals surface area contributed by atoms with E-state index in [1.54, 1.807) is 0 Å². The fourth-order valence-electron chi connectivity index (χ4n) is 2.10. The Morgan fingerprint density at radius 3 is 2.36 bits per heavy atom. The van der Waals surface area contributed by atoms with Gasteiger partial charge in [0.2, 0.25) is 5.91 Å². The number of aliphatic hydroxyl groups excluding tert-OH is 1. The first kappa shape index (κ1) is 20.2. The zero-order valence-electron chi connectivity index (χ0n) is 13.7. The molecule has 1 saturated heterocycles. The number of piperidine rings is 1. The van der Waals surface area contributed by atoms with Crippen LogP contribution in [0.15, 0.2) is 12.3 Å². The maximum atomic E-state index is 11.9. The van der Waals surface area contributed by atoms with E-state index < -0.39 is 42.8 Å². The smallest absolute Gasteiger partial charge is 0.408 e. The van der Waals surface area contributed by atoms with E-state index in [2.05, 4.69) is 21.9 Å². The van der Waals surface area contributed by atoms with Gasteiger partial charge in [0, 0.05) is 25.9 Å². The highest BCUT2D eigenvalue weighted by molar-refractivity contribution is 5.95. The normalized spacial score (nSPS) is 15.7. The summed E-state index contributed by atoms with van der Waals surface area (Å²) in [5.41, 5.74) is -0.345. The molecule has 1 atom stereocenters. The van der Waals surface area contributed by atoms with Crippen molar-refractivity contribution in [2.24, 2.45) is 0 Å². The first-order chi connectivity index (χ1) is 11.8. The lowest BCUT2D eigenvalue weighted by atomic mass is 10.1. The second-order valence-electron chi connectivity index (χ2n) is 5.21. The number of esters is 1. The molecule has 0 aromatic carbocycles. The van der Waals surface area contributed by atoms with Gasteiger partial charge >= 0.3 is 18.2 Å². The van der Waals surface area contributed by atoms with E-state index in [0.29, 0.717) is 12.8 Å². The molecule has 1 fully saturated rings. The van der Waals surface area contributed by atoms with Gasteiger partial charge in [-0.1, -0.05) is 6.58 Å². The maximum absolute atomic E-state index is 11.9. The molecular formula is C14H21N3O8. The quantitative estimate of drug-likeness (QED) is 0.348. The van der Waals surface area contributed by atoms with Gasteiger partial charge in [0.25, 0.3) is 0 Å². The summed E-state index contributed by atoms with van der Waals surface area (Å²) in [4.78, 5) is 46.8. The molecule has 140 valence electrons. The highest BCUT2D eigenvalue weighted by Gasteiger charge is 2.27. The Morgan fingerprint density at radius 1 is 1.28 bits per heavy atom. The van der Waals surface area contributed by atoms with Crippen LogP contribution in [0.25, 0.3) is 0 Å². The van der Waals surface area contributed by atoms with Gasteiger partial charge in [0.1, 0.15) is 17.8 Å². The number of likely N-dealkylation sites (tertiary alicyclic amines) is 1. The van der Waals surface area contributed by atoms with E-state index in [0.717, 1.165) is 7.11 Å². The minimum absolute atomic E-state index is 0.232. The average Bonchev–Trinajstić information content (AvgIpc) is 2.59. The second-order valence-corrected chi connectivity index (χ2v) is 5.21. The summed E-state index contributed by atoms with van der Waals surface area (Å²) in [6, 6.07) is -1.35. The lowest BCUT2D eigenvalue weighted by Crippen LogP contribution is -2.50. The van der Waals surface area contributed by atoms with Crippen LogP contribution >= 0.6 is 0 Å². The number of carboxylic acid groups (broad SMARTS) is 1. The van der Waals surface area contributed by atoms with Crippen LogP contribution in [0.4, 0.5) is 9.59 Å². The van der Waals surface area contributed by atoms with Gasteiger partial charge in [0.15, 0.2) is 0 Å². The molecule has 1 heterocycles. The average molecular weight is 359 g/mol. The predicted molar refractivity (Wildman–Crippen MR) is 82.4 cm³/mol. The number of amides is 3. The van der Waals surface area contributed by atoms with E-state index in [1.165, 1.54) is 4.90 Å². The van der Waals surface area contributed by atoms with E-state index in [4.69, 9.17) is 9.84 Å². The van der Waals surface area contributed by atoms with Crippen molar-refractivity contribution in [2.75, 3.05) is 26.8 Å². The minimum atomic E-state index is -1.35. The number of hydrogen-bond donors (Lipinski definition) is 4. The van der Waals surface area contributed by atoms with E-state index in [9.17, 15) is 24.3 Å². The fourth-order valence-corrected chi connectivity index (χ4v) is 2.10. The van der Waals surface area contributed by atoms with Crippen molar-refractivity contribution in [1.82, 2.24) is 15.5 Å². The molecule has 3 amide bonds. The van der Waals surface area contributed by atoms with Crippen LogP contribution in [-0.2, 0) is 19.1 Å². The van der Waals surface area contributed by atoms with Gasteiger partial charge in [0.05, 0.1) is 13.7 Å². The molecule has 1 aliphatic rings. The second kappa shape index (κ2) is 9.47. The predicted octanol–water partition coefficient (Wildman–Crippen LogP) is -0.981. The summed E-state index contributed by atoms with van der Waals surface area (Å²) < 4.78 is 9.46. The number of carbonyl (C=O) groups excluding carboxylic acids is 3. The van der Waals surface area contributed by atoms with Gasteiger partial charge in [-0.3, -0.25) is 4.79 Å². The molecule has 0 saturated carbocycles. The molecule has 0 bridgehead atoms. The van der Waals surface area contributed by atoms with Crippen LogP contribution in [0, 0.1) is 0 Å². The number of aliphatic hydroxyl groups is 1. The number of nitrogens with zero attached hydrogens (tertiary/aromatic N) is 1. The highest BCUT2D eigenvalue weighted by atomic mass is 16.6. The Labute approximate surface area is 143 Å². The molecule has 0 aliphatic carbocycles. The van der Waals surface area contributed by atoms with Gasteiger partial charge in [-0.05, 0) is 0 Å². The number of ether oxygens (including phenoxy) is 2. The summed E-state index contributed by atoms with van der Waals surface area (Å²) in [5.74, 6) is -1.73. The molecule has 0 aromatic rings. The van der Waals surface area contributed by atoms with Crippen molar-refractivity contribution in [1.29, 1.82) is 0 Å². The van der Waals surface area contributed by atoms with Gasteiger partial charge in [-0.2, -0.15) is 0 Å². The van der Waals surface area contributed by atoms with Crippen LogP contribution in [0.3, 0.4) is 0 Å². The monoisotopic (exact) mass is 359 g/mol. The number of alkyl carbamates (subject to hydrolysis) is 1. The molecule has 11 nitrogen and oxygen atoms in total. The first-order valence-corrected chi connectivity index (χ1v) is 7.42. The largest absolute Gasteiger partial charge is 0.465 e. The van der Waals surface area contributed by atoms with Crippen molar-refractivity contribution in [2.45, 2.75) is 25.0 Å². The molecule has 1 rings (SSSR count). The van der Waals surface area contributed by atoms with Crippen LogP contribution in [0.1, 0.15) is 12.8 Å². The molecule has 11 heteroatoms. The number of rotatable bonds is 6. The Kier molecular flexibility index (Phi) is 7.66. The summed E-state index contributed by atoms with van der Waals surface area (Å²) >= 11 is 0. The van der Waals surface area contributed by atoms with Gasteiger partial charge in [-0.25, -0.2) is 14.4 Å². The van der Waals surface area contributed by atoms with Crippen molar-refractivity contribution in [3.63, 3.8) is 0 Å². The third-order valence-corrected chi connectivity index (χ3v) is 3.48. The fraction of sp³-hybridized carbons (Fsp3) is 0.571. The Balaban J connectivity index is 2.45. The molecule has 4 N–H and O–H groups in total. The Morgan fingerprint density at radius 2 is 1.88 bits per heavy atom. The van der Waals surface area contributed by atoms with Gasteiger partial charge < -0.3 is 35.2 Å². The van der Waals surface area contributed by atoms with E-state index in [-0.39, 0.29) is 18.8 Å². The van der Waals surface area contributed by atoms with Crippen molar-refractivity contribution in [3.8, 4) is 0 Å². The third kappa shape index (κ3) is 6.30. The lowest BCUT2D eigenvalue weighted by molar-refractivity contribution is -0.138. The number of methoxy groups -OCH3 is 1. The van der Waals surface area contributed by atoms with Crippen molar-refractivity contribution >= 4 is 24.1 Å². The van der Waals surface area contributed by atoms with Crippen molar-refractivity contribution < 1.29 is 38.9 Å². The summed E-state index contributed by atoms with van der Waals surface area (Å²) in [6.45, 7) is 3.03. The topological polar surface area (TPSA) is 154 Å². The molecule has 25 heavy (non-hydrogen) atoms. The number of carbonyl (C=O) groups is 4. The SMILES string of the molecule is C=C(NC(=O)[C@H](CO)NC(=O)OC1CCN(C(=O)O)CC1)C(=O)OC. The van der Waals surface area contributed by atoms with Crippen LogP contribution < -0.4 is 10.6 Å². The first-order valence-electron chi connectivity index (χ1n) is 7.42. The molecule has 0 spiro atoms. The van der Waals surface area contributed by atoms with Gasteiger partial charge in [-0.15, -0.1) is 0 Å². The standard InChI is InChI=1S/C14H21N3O8/c1-8(12(20)24-2)15-11(19)10(7-18)16-13(21)25-9-3-5-17(6-4-9)14(22)23/h9-10,18H,1,3-7H2,2H3,(H,15,19)(H,16,21)(H,22,23)/t10-/m0/s1. The maximum Gasteiger partial charge on any atom is 0.408 e. The summed E-state index contributed by atoms with van der Waals surface area (Å²) in [5, 5.41) is 22.3.